The molecule has 30 heavy (non-hydrogen) atoms. The molecule has 4 amide bonds. The number of likely N-dealkylation sites (tertiary alicyclic amines) is 1. The number of aryl methyl sites for hydroxylation is 1. The summed E-state index contributed by atoms with van der Waals surface area (Å²) in [6.07, 6.45) is 5.61. The van der Waals surface area contributed by atoms with Gasteiger partial charge in [-0.2, -0.15) is 0 Å². The van der Waals surface area contributed by atoms with Gasteiger partial charge in [0.25, 0.3) is 0 Å². The number of nitrogens with one attached hydrogen (secondary N) is 2. The van der Waals surface area contributed by atoms with Gasteiger partial charge >= 0.3 is 12.1 Å². The van der Waals surface area contributed by atoms with Crippen LogP contribution in [0.3, 0.4) is 0 Å². The molecule has 2 aliphatic heterocycles. The summed E-state index contributed by atoms with van der Waals surface area (Å²) >= 11 is 0. The second-order valence-corrected chi connectivity index (χ2v) is 8.94. The van der Waals surface area contributed by atoms with Crippen LogP contribution in [-0.4, -0.2) is 65.8 Å². The van der Waals surface area contributed by atoms with Crippen molar-refractivity contribution in [2.24, 2.45) is 0 Å². The Morgan fingerprint density at radius 1 is 1.20 bits per heavy atom. The quantitative estimate of drug-likeness (QED) is 0.788. The van der Waals surface area contributed by atoms with Gasteiger partial charge in [0, 0.05) is 44.0 Å². The average Bonchev–Trinajstić information content (AvgIpc) is 3.54. The number of rotatable bonds is 4. The van der Waals surface area contributed by atoms with Crippen molar-refractivity contribution in [1.82, 2.24) is 15.1 Å². The first kappa shape index (κ1) is 21.0. The number of urea groups is 2. The summed E-state index contributed by atoms with van der Waals surface area (Å²) in [5, 5.41) is 6.00. The highest BCUT2D eigenvalue weighted by atomic mass is 16.5. The normalized spacial score (nSPS) is 23.1. The van der Waals surface area contributed by atoms with Gasteiger partial charge in [-0.25, -0.2) is 9.59 Å². The monoisotopic (exact) mass is 414 g/mol. The van der Waals surface area contributed by atoms with Gasteiger partial charge in [0.1, 0.15) is 0 Å². The highest BCUT2D eigenvalue weighted by Crippen LogP contribution is 2.40. The minimum Gasteiger partial charge on any atom is -0.375 e. The zero-order chi connectivity index (χ0) is 21.1. The van der Waals surface area contributed by atoms with Crippen LogP contribution in [-0.2, 0) is 4.74 Å². The van der Waals surface area contributed by atoms with Crippen LogP contribution in [0.4, 0.5) is 15.3 Å². The van der Waals surface area contributed by atoms with Crippen molar-refractivity contribution in [3.05, 3.63) is 29.8 Å². The summed E-state index contributed by atoms with van der Waals surface area (Å²) in [7, 11) is 0. The van der Waals surface area contributed by atoms with Gasteiger partial charge in [0.05, 0.1) is 5.60 Å². The molecule has 2 N–H and O–H groups in total. The molecule has 2 heterocycles. The summed E-state index contributed by atoms with van der Waals surface area (Å²) in [5.41, 5.74) is 1.73. The number of benzene rings is 1. The lowest BCUT2D eigenvalue weighted by Gasteiger charge is -2.48. The lowest BCUT2D eigenvalue weighted by molar-refractivity contribution is -0.125. The van der Waals surface area contributed by atoms with Gasteiger partial charge in [0.2, 0.25) is 0 Å². The first-order chi connectivity index (χ1) is 14.5. The van der Waals surface area contributed by atoms with Crippen molar-refractivity contribution < 1.29 is 14.3 Å². The standard InChI is InChI=1S/C23H34N4O3/c1-3-24-21(28)27(19-7-8-19)20-9-14-30-23(16-20)10-12-26(13-11-23)22(29)25-18-6-4-5-17(2)15-18/h4-6,15,19-20H,3,7-14,16H2,1-2H3,(H,24,28)(H,25,29). The molecule has 1 unspecified atom stereocenters. The molecular formula is C23H34N4O3. The number of amides is 4. The number of ether oxygens (including phenoxy) is 1. The maximum absolute atomic E-state index is 12.7. The van der Waals surface area contributed by atoms with Crippen LogP contribution in [0.1, 0.15) is 51.0 Å². The van der Waals surface area contributed by atoms with E-state index >= 15 is 0 Å². The van der Waals surface area contributed by atoms with Crippen molar-refractivity contribution in [3.8, 4) is 0 Å². The average molecular weight is 415 g/mol. The molecule has 7 heteroatoms. The summed E-state index contributed by atoms with van der Waals surface area (Å²) < 4.78 is 6.27. The lowest BCUT2D eigenvalue weighted by atomic mass is 9.82. The molecule has 0 aromatic heterocycles. The molecule has 164 valence electrons. The Morgan fingerprint density at radius 3 is 2.63 bits per heavy atom. The van der Waals surface area contributed by atoms with Gasteiger partial charge in [-0.3, -0.25) is 0 Å². The second kappa shape index (κ2) is 8.84. The third-order valence-electron chi connectivity index (χ3n) is 6.59. The molecule has 1 atom stereocenters. The van der Waals surface area contributed by atoms with Crippen LogP contribution in [0.2, 0.25) is 0 Å². The number of hydrogen-bond acceptors (Lipinski definition) is 3. The Kier molecular flexibility index (Phi) is 6.18. The Labute approximate surface area is 179 Å². The number of piperidine rings is 1. The van der Waals surface area contributed by atoms with Crippen LogP contribution < -0.4 is 10.6 Å². The fourth-order valence-electron chi connectivity index (χ4n) is 4.86. The first-order valence-corrected chi connectivity index (χ1v) is 11.3. The number of carbonyl (C=O) groups excluding carboxylic acids is 2. The van der Waals surface area contributed by atoms with Gasteiger partial charge < -0.3 is 25.2 Å². The number of hydrogen-bond donors (Lipinski definition) is 2. The molecular weight excluding hydrogens is 380 g/mol. The maximum Gasteiger partial charge on any atom is 0.321 e. The fourth-order valence-corrected chi connectivity index (χ4v) is 4.86. The number of anilines is 1. The van der Waals surface area contributed by atoms with E-state index in [0.29, 0.717) is 32.3 Å². The maximum atomic E-state index is 12.7. The van der Waals surface area contributed by atoms with E-state index in [2.05, 4.69) is 15.5 Å². The molecule has 2 saturated heterocycles. The van der Waals surface area contributed by atoms with E-state index in [1.165, 1.54) is 0 Å². The molecule has 7 nitrogen and oxygen atoms in total. The van der Waals surface area contributed by atoms with Crippen molar-refractivity contribution in [3.63, 3.8) is 0 Å². The molecule has 0 bridgehead atoms. The van der Waals surface area contributed by atoms with Crippen LogP contribution in [0, 0.1) is 6.92 Å². The highest BCUT2D eigenvalue weighted by molar-refractivity contribution is 5.89. The largest absolute Gasteiger partial charge is 0.375 e. The van der Waals surface area contributed by atoms with E-state index in [0.717, 1.165) is 49.8 Å². The van der Waals surface area contributed by atoms with Gasteiger partial charge in [-0.1, -0.05) is 12.1 Å². The van der Waals surface area contributed by atoms with Crippen molar-refractivity contribution in [1.29, 1.82) is 0 Å². The Bertz CT molecular complexity index is 771. The Balaban J connectivity index is 1.35. The van der Waals surface area contributed by atoms with Crippen LogP contribution >= 0.6 is 0 Å². The van der Waals surface area contributed by atoms with Crippen molar-refractivity contribution in [2.45, 2.75) is 70.1 Å². The molecule has 1 spiro atoms. The van der Waals surface area contributed by atoms with E-state index in [9.17, 15) is 9.59 Å². The van der Waals surface area contributed by atoms with E-state index in [-0.39, 0.29) is 23.7 Å². The van der Waals surface area contributed by atoms with Crippen LogP contribution in [0.25, 0.3) is 0 Å². The lowest BCUT2D eigenvalue weighted by Crippen LogP contribution is -2.57. The highest BCUT2D eigenvalue weighted by Gasteiger charge is 2.46. The van der Waals surface area contributed by atoms with Gasteiger partial charge in [0.15, 0.2) is 0 Å². The van der Waals surface area contributed by atoms with E-state index in [1.54, 1.807) is 0 Å². The minimum atomic E-state index is -0.220. The van der Waals surface area contributed by atoms with E-state index < -0.39 is 0 Å². The fraction of sp³-hybridized carbons (Fsp3) is 0.652. The number of carbonyl (C=O) groups is 2. The summed E-state index contributed by atoms with van der Waals surface area (Å²) in [4.78, 5) is 29.3. The Morgan fingerprint density at radius 2 is 1.97 bits per heavy atom. The predicted molar refractivity (Wildman–Crippen MR) is 117 cm³/mol. The molecule has 3 aliphatic rings. The Hall–Kier alpha value is -2.28. The van der Waals surface area contributed by atoms with Gasteiger partial charge in [-0.15, -0.1) is 0 Å². The smallest absolute Gasteiger partial charge is 0.321 e. The van der Waals surface area contributed by atoms with Crippen molar-refractivity contribution >= 4 is 17.7 Å². The zero-order valence-electron chi connectivity index (χ0n) is 18.2. The topological polar surface area (TPSA) is 73.9 Å². The van der Waals surface area contributed by atoms with Crippen LogP contribution in [0.5, 0.6) is 0 Å². The van der Waals surface area contributed by atoms with Crippen LogP contribution in [0.15, 0.2) is 24.3 Å². The molecule has 1 aromatic rings. The third-order valence-corrected chi connectivity index (χ3v) is 6.59. The first-order valence-electron chi connectivity index (χ1n) is 11.3. The van der Waals surface area contributed by atoms with E-state index in [1.807, 2.05) is 43.0 Å². The summed E-state index contributed by atoms with van der Waals surface area (Å²) in [6, 6.07) is 8.49. The zero-order valence-corrected chi connectivity index (χ0v) is 18.2. The minimum absolute atomic E-state index is 0.0512. The molecule has 0 radical (unpaired) electrons. The molecule has 1 aromatic carbocycles. The van der Waals surface area contributed by atoms with Gasteiger partial charge in [-0.05, 0) is 70.1 Å². The molecule has 1 saturated carbocycles. The molecule has 4 rings (SSSR count). The van der Waals surface area contributed by atoms with Crippen molar-refractivity contribution in [2.75, 3.05) is 31.6 Å². The summed E-state index contributed by atoms with van der Waals surface area (Å²) in [5.74, 6) is 0. The molecule has 1 aliphatic carbocycles. The summed E-state index contributed by atoms with van der Waals surface area (Å²) in [6.45, 7) is 6.67. The third kappa shape index (κ3) is 4.72. The second-order valence-electron chi connectivity index (χ2n) is 8.94. The SMILES string of the molecule is CCNC(=O)N(C1CC1)C1CCOC2(CCN(C(=O)Nc3cccc(C)c3)CC2)C1. The molecule has 3 fully saturated rings. The predicted octanol–water partition coefficient (Wildman–Crippen LogP) is 3.73. The van der Waals surface area contributed by atoms with E-state index in [4.69, 9.17) is 4.74 Å². The number of nitrogens with zero attached hydrogens (tertiary/aromatic N) is 2.